The predicted molar refractivity (Wildman–Crippen MR) is 87.1 cm³/mol. The normalized spacial score (nSPS) is 11.0. The zero-order valence-corrected chi connectivity index (χ0v) is 13.8. The summed E-state index contributed by atoms with van der Waals surface area (Å²) in [5.74, 6) is -0.0698. The molecule has 0 saturated heterocycles. The molecule has 0 aliphatic heterocycles. The van der Waals surface area contributed by atoms with E-state index in [-0.39, 0.29) is 17.8 Å². The van der Waals surface area contributed by atoms with Crippen molar-refractivity contribution in [1.29, 1.82) is 0 Å². The second-order valence-corrected chi connectivity index (χ2v) is 5.68. The van der Waals surface area contributed by atoms with Crippen LogP contribution in [0, 0.1) is 12.7 Å². The number of hydrogen-bond donors (Lipinski definition) is 0. The van der Waals surface area contributed by atoms with Crippen LogP contribution in [-0.2, 0) is 4.79 Å². The second kappa shape index (κ2) is 8.81. The lowest BCUT2D eigenvalue weighted by atomic mass is 10.0. The van der Waals surface area contributed by atoms with Crippen molar-refractivity contribution in [3.63, 3.8) is 0 Å². The molecular formula is C18H28FNO. The maximum absolute atomic E-state index is 13.5. The van der Waals surface area contributed by atoms with Gasteiger partial charge in [-0.15, -0.1) is 0 Å². The number of halogens is 1. The van der Waals surface area contributed by atoms with E-state index in [0.717, 1.165) is 37.8 Å². The van der Waals surface area contributed by atoms with Crippen LogP contribution < -0.4 is 4.90 Å². The molecular weight excluding hydrogens is 265 g/mol. The highest BCUT2D eigenvalue weighted by molar-refractivity contribution is 5.94. The van der Waals surface area contributed by atoms with Crippen LogP contribution in [0.4, 0.5) is 10.1 Å². The molecule has 2 nitrogen and oxygen atoms in total. The van der Waals surface area contributed by atoms with E-state index in [1.807, 2.05) is 11.8 Å². The molecule has 0 spiro atoms. The third-order valence-corrected chi connectivity index (χ3v) is 3.76. The summed E-state index contributed by atoms with van der Waals surface area (Å²) in [6.45, 7) is 8.04. The highest BCUT2D eigenvalue weighted by Gasteiger charge is 2.24. The second-order valence-electron chi connectivity index (χ2n) is 5.68. The standard InChI is InChI=1S/C18H28FNO/c1-5-8-15(9-6-2)20(18(21)10-7-3)16-11-12-17(19)14(4)13-16/h11-13,15H,5-10H2,1-4H3. The number of aryl methyl sites for hydroxylation is 1. The van der Waals surface area contributed by atoms with Crippen molar-refractivity contribution in [2.75, 3.05) is 4.90 Å². The molecule has 0 atom stereocenters. The predicted octanol–water partition coefficient (Wildman–Crippen LogP) is 5.24. The summed E-state index contributed by atoms with van der Waals surface area (Å²) in [6.07, 6.45) is 5.43. The number of carbonyl (C=O) groups excluding carboxylic acids is 1. The van der Waals surface area contributed by atoms with Gasteiger partial charge < -0.3 is 4.90 Å². The van der Waals surface area contributed by atoms with Crippen LogP contribution >= 0.6 is 0 Å². The van der Waals surface area contributed by atoms with Crippen LogP contribution in [0.2, 0.25) is 0 Å². The van der Waals surface area contributed by atoms with Gasteiger partial charge >= 0.3 is 0 Å². The molecule has 3 heteroatoms. The van der Waals surface area contributed by atoms with Gasteiger partial charge in [-0.25, -0.2) is 4.39 Å². The van der Waals surface area contributed by atoms with Crippen molar-refractivity contribution in [2.45, 2.75) is 72.3 Å². The topological polar surface area (TPSA) is 20.3 Å². The molecule has 0 N–H and O–H groups in total. The summed E-state index contributed by atoms with van der Waals surface area (Å²) < 4.78 is 13.5. The van der Waals surface area contributed by atoms with Gasteiger partial charge in [0, 0.05) is 18.2 Å². The minimum atomic E-state index is -0.218. The maximum atomic E-state index is 13.5. The highest BCUT2D eigenvalue weighted by atomic mass is 19.1. The Labute approximate surface area is 128 Å². The molecule has 1 aromatic carbocycles. The molecule has 1 aromatic rings. The first kappa shape index (κ1) is 17.7. The van der Waals surface area contributed by atoms with Crippen LogP contribution in [0.15, 0.2) is 18.2 Å². The fourth-order valence-corrected chi connectivity index (χ4v) is 2.74. The van der Waals surface area contributed by atoms with Crippen LogP contribution in [0.5, 0.6) is 0 Å². The number of hydrogen-bond acceptors (Lipinski definition) is 1. The van der Waals surface area contributed by atoms with E-state index >= 15 is 0 Å². The van der Waals surface area contributed by atoms with Gasteiger partial charge in [-0.05, 0) is 49.9 Å². The molecule has 1 amide bonds. The van der Waals surface area contributed by atoms with Crippen molar-refractivity contribution in [3.05, 3.63) is 29.6 Å². The minimum Gasteiger partial charge on any atom is -0.309 e. The number of benzene rings is 1. The van der Waals surface area contributed by atoms with Crippen LogP contribution in [0.25, 0.3) is 0 Å². The maximum Gasteiger partial charge on any atom is 0.227 e. The Kier molecular flexibility index (Phi) is 7.41. The fraction of sp³-hybridized carbons (Fsp3) is 0.611. The van der Waals surface area contributed by atoms with Gasteiger partial charge in [-0.1, -0.05) is 33.6 Å². The van der Waals surface area contributed by atoms with E-state index in [9.17, 15) is 9.18 Å². The van der Waals surface area contributed by atoms with Gasteiger partial charge in [0.1, 0.15) is 5.82 Å². The molecule has 0 radical (unpaired) electrons. The molecule has 0 fully saturated rings. The number of rotatable bonds is 8. The monoisotopic (exact) mass is 293 g/mol. The van der Waals surface area contributed by atoms with E-state index in [1.54, 1.807) is 19.1 Å². The third-order valence-electron chi connectivity index (χ3n) is 3.76. The Morgan fingerprint density at radius 1 is 1.14 bits per heavy atom. The molecule has 21 heavy (non-hydrogen) atoms. The summed E-state index contributed by atoms with van der Waals surface area (Å²) in [7, 11) is 0. The largest absolute Gasteiger partial charge is 0.309 e. The van der Waals surface area contributed by atoms with E-state index in [2.05, 4.69) is 13.8 Å². The first-order valence-corrected chi connectivity index (χ1v) is 8.13. The molecule has 1 rings (SSSR count). The van der Waals surface area contributed by atoms with Crippen molar-refractivity contribution in [2.24, 2.45) is 0 Å². The first-order chi connectivity index (χ1) is 10.0. The molecule has 118 valence electrons. The summed E-state index contributed by atoms with van der Waals surface area (Å²) in [6, 6.07) is 5.20. The SMILES string of the molecule is CCCC(=O)N(c1ccc(F)c(C)c1)C(CCC)CCC. The molecule has 0 unspecified atom stereocenters. The van der Waals surface area contributed by atoms with Crippen molar-refractivity contribution in [1.82, 2.24) is 0 Å². The smallest absolute Gasteiger partial charge is 0.227 e. The minimum absolute atomic E-state index is 0.149. The molecule has 0 bridgehead atoms. The Morgan fingerprint density at radius 2 is 1.76 bits per heavy atom. The average Bonchev–Trinajstić information content (AvgIpc) is 2.44. The number of amides is 1. The lowest BCUT2D eigenvalue weighted by molar-refractivity contribution is -0.119. The van der Waals surface area contributed by atoms with E-state index in [0.29, 0.717) is 12.0 Å². The van der Waals surface area contributed by atoms with E-state index < -0.39 is 0 Å². The molecule has 0 aromatic heterocycles. The summed E-state index contributed by atoms with van der Waals surface area (Å²) in [5, 5.41) is 0. The van der Waals surface area contributed by atoms with Crippen LogP contribution in [0.1, 0.15) is 64.9 Å². The zero-order chi connectivity index (χ0) is 15.8. The number of nitrogens with zero attached hydrogens (tertiary/aromatic N) is 1. The van der Waals surface area contributed by atoms with Crippen molar-refractivity contribution < 1.29 is 9.18 Å². The fourth-order valence-electron chi connectivity index (χ4n) is 2.74. The van der Waals surface area contributed by atoms with E-state index in [4.69, 9.17) is 0 Å². The van der Waals surface area contributed by atoms with Gasteiger partial charge in [-0.2, -0.15) is 0 Å². The van der Waals surface area contributed by atoms with Gasteiger partial charge in [0.05, 0.1) is 0 Å². The highest BCUT2D eigenvalue weighted by Crippen LogP contribution is 2.25. The lowest BCUT2D eigenvalue weighted by Gasteiger charge is -2.32. The number of anilines is 1. The van der Waals surface area contributed by atoms with Crippen molar-refractivity contribution >= 4 is 11.6 Å². The summed E-state index contributed by atoms with van der Waals surface area (Å²) in [5.41, 5.74) is 1.42. The van der Waals surface area contributed by atoms with Gasteiger partial charge in [0.15, 0.2) is 0 Å². The molecule has 0 saturated carbocycles. The first-order valence-electron chi connectivity index (χ1n) is 8.13. The third kappa shape index (κ3) is 4.83. The quantitative estimate of drug-likeness (QED) is 0.642. The summed E-state index contributed by atoms with van der Waals surface area (Å²) >= 11 is 0. The lowest BCUT2D eigenvalue weighted by Crippen LogP contribution is -2.40. The van der Waals surface area contributed by atoms with Crippen LogP contribution in [0.3, 0.4) is 0 Å². The Morgan fingerprint density at radius 3 is 2.24 bits per heavy atom. The Balaban J connectivity index is 3.15. The van der Waals surface area contributed by atoms with Crippen LogP contribution in [-0.4, -0.2) is 11.9 Å². The molecule has 0 aliphatic carbocycles. The average molecular weight is 293 g/mol. The number of carbonyl (C=O) groups is 1. The van der Waals surface area contributed by atoms with Gasteiger partial charge in [0.2, 0.25) is 5.91 Å². The molecule has 0 heterocycles. The Bertz CT molecular complexity index is 453. The molecule has 0 aliphatic rings. The zero-order valence-electron chi connectivity index (χ0n) is 13.8. The Hall–Kier alpha value is -1.38. The van der Waals surface area contributed by atoms with E-state index in [1.165, 1.54) is 6.07 Å². The summed E-state index contributed by atoms with van der Waals surface area (Å²) in [4.78, 5) is 14.5. The van der Waals surface area contributed by atoms with Gasteiger partial charge in [0.25, 0.3) is 0 Å². The van der Waals surface area contributed by atoms with Crippen molar-refractivity contribution in [3.8, 4) is 0 Å². The van der Waals surface area contributed by atoms with Gasteiger partial charge in [-0.3, -0.25) is 4.79 Å².